The van der Waals surface area contributed by atoms with E-state index < -0.39 is 10.0 Å². The van der Waals surface area contributed by atoms with Crippen molar-refractivity contribution in [1.29, 1.82) is 0 Å². The predicted molar refractivity (Wildman–Crippen MR) is 78.1 cm³/mol. The molecule has 1 aliphatic heterocycles. The largest absolute Gasteiger partial charge is 0.395 e. The Bertz CT molecular complexity index is 343. The molecule has 0 aromatic carbocycles. The number of hydrogen-bond acceptors (Lipinski definition) is 4. The highest BCUT2D eigenvalue weighted by Gasteiger charge is 2.31. The number of alkyl halides is 1. The third kappa shape index (κ3) is 5.55. The molecule has 0 atom stereocenters. The minimum Gasteiger partial charge on any atom is -0.395 e. The molecule has 1 saturated heterocycles. The zero-order chi connectivity index (χ0) is 14.3. The van der Waals surface area contributed by atoms with Crippen LogP contribution in [0.1, 0.15) is 25.7 Å². The number of rotatable bonds is 8. The summed E-state index contributed by atoms with van der Waals surface area (Å²) < 4.78 is 26.2. The van der Waals surface area contributed by atoms with Crippen LogP contribution in [0, 0.1) is 0 Å². The minimum atomic E-state index is -3.28. The van der Waals surface area contributed by atoms with Crippen molar-refractivity contribution in [2.24, 2.45) is 0 Å². The van der Waals surface area contributed by atoms with Gasteiger partial charge in [-0.1, -0.05) is 0 Å². The van der Waals surface area contributed by atoms with Crippen LogP contribution in [0.3, 0.4) is 0 Å². The molecule has 5 nitrogen and oxygen atoms in total. The van der Waals surface area contributed by atoms with E-state index in [0.29, 0.717) is 18.7 Å². The Hall–Kier alpha value is 0.120. The maximum Gasteiger partial charge on any atom is 0.214 e. The summed E-state index contributed by atoms with van der Waals surface area (Å²) in [4.78, 5) is 2.20. The zero-order valence-electron chi connectivity index (χ0n) is 11.6. The van der Waals surface area contributed by atoms with E-state index in [-0.39, 0.29) is 24.9 Å². The highest BCUT2D eigenvalue weighted by Crippen LogP contribution is 2.19. The lowest BCUT2D eigenvalue weighted by Crippen LogP contribution is -2.48. The van der Waals surface area contributed by atoms with Crippen molar-refractivity contribution in [1.82, 2.24) is 9.21 Å². The van der Waals surface area contributed by atoms with Gasteiger partial charge < -0.3 is 10.0 Å². The molecular weight excluding hydrogens is 288 g/mol. The topological polar surface area (TPSA) is 60.9 Å². The van der Waals surface area contributed by atoms with Crippen molar-refractivity contribution in [3.8, 4) is 0 Å². The summed E-state index contributed by atoms with van der Waals surface area (Å²) in [5.41, 5.74) is 0. The van der Waals surface area contributed by atoms with Gasteiger partial charge in [0.15, 0.2) is 0 Å². The highest BCUT2D eigenvalue weighted by molar-refractivity contribution is 7.89. The number of aliphatic hydroxyl groups is 1. The maximum absolute atomic E-state index is 12.3. The van der Waals surface area contributed by atoms with Crippen LogP contribution in [-0.2, 0) is 10.0 Å². The van der Waals surface area contributed by atoms with Crippen molar-refractivity contribution in [2.75, 3.05) is 44.9 Å². The summed E-state index contributed by atoms with van der Waals surface area (Å²) in [5, 5.41) is 9.12. The summed E-state index contributed by atoms with van der Waals surface area (Å²) in [6.45, 7) is 1.90. The van der Waals surface area contributed by atoms with Crippen molar-refractivity contribution in [2.45, 2.75) is 31.7 Å². The van der Waals surface area contributed by atoms with Gasteiger partial charge in [0.1, 0.15) is 0 Å². The molecule has 0 aromatic heterocycles. The Kier molecular flexibility index (Phi) is 7.61. The number of aliphatic hydroxyl groups excluding tert-OH is 1. The van der Waals surface area contributed by atoms with Crippen LogP contribution < -0.4 is 0 Å². The van der Waals surface area contributed by atoms with Gasteiger partial charge in [0.25, 0.3) is 0 Å². The van der Waals surface area contributed by atoms with E-state index in [2.05, 4.69) is 4.90 Å². The van der Waals surface area contributed by atoms with Crippen LogP contribution in [0.15, 0.2) is 0 Å². The summed E-state index contributed by atoms with van der Waals surface area (Å²) in [5.74, 6) is 0.621. The molecule has 0 aromatic rings. The maximum atomic E-state index is 12.3. The Morgan fingerprint density at radius 2 is 1.95 bits per heavy atom. The van der Waals surface area contributed by atoms with Crippen LogP contribution in [0.25, 0.3) is 0 Å². The number of hydrogen-bond donors (Lipinski definition) is 1. The minimum absolute atomic E-state index is 0.0318. The Morgan fingerprint density at radius 1 is 1.32 bits per heavy atom. The molecule has 1 fully saturated rings. The summed E-state index contributed by atoms with van der Waals surface area (Å²) in [6, 6.07) is 0.0318. The molecule has 19 heavy (non-hydrogen) atoms. The lowest BCUT2D eigenvalue weighted by Gasteiger charge is -2.36. The first-order valence-corrected chi connectivity index (χ1v) is 9.00. The Morgan fingerprint density at radius 3 is 2.47 bits per heavy atom. The molecule has 1 aliphatic rings. The molecular formula is C12H25ClN2O3S. The van der Waals surface area contributed by atoms with Gasteiger partial charge in [0, 0.05) is 18.5 Å². The van der Waals surface area contributed by atoms with Crippen LogP contribution in [0.5, 0.6) is 0 Å². The number of nitrogens with zero attached hydrogens (tertiary/aromatic N) is 2. The van der Waals surface area contributed by atoms with Gasteiger partial charge in [0.2, 0.25) is 10.0 Å². The second-order valence-corrected chi connectivity index (χ2v) is 7.50. The second-order valence-electron chi connectivity index (χ2n) is 5.08. The number of piperidine rings is 1. The van der Waals surface area contributed by atoms with Crippen LogP contribution in [0.2, 0.25) is 0 Å². The molecule has 0 aliphatic carbocycles. The molecule has 0 unspecified atom stereocenters. The first-order valence-electron chi connectivity index (χ1n) is 6.86. The highest BCUT2D eigenvalue weighted by atomic mass is 35.5. The predicted octanol–water partition coefficient (Wildman–Crippen LogP) is 0.724. The monoisotopic (exact) mass is 312 g/mol. The standard InChI is InChI=1S/C12H25ClN2O3S/c1-14-7-4-12(5-8-14)15(9-10-16)19(17,18)11-3-2-6-13/h12,16H,2-11H2,1H3. The molecule has 0 radical (unpaired) electrons. The van der Waals surface area contributed by atoms with E-state index in [1.807, 2.05) is 7.05 Å². The molecule has 114 valence electrons. The van der Waals surface area contributed by atoms with E-state index >= 15 is 0 Å². The van der Waals surface area contributed by atoms with Gasteiger partial charge in [0.05, 0.1) is 12.4 Å². The van der Waals surface area contributed by atoms with Crippen molar-refractivity contribution >= 4 is 21.6 Å². The number of sulfonamides is 1. The van der Waals surface area contributed by atoms with E-state index in [1.54, 1.807) is 0 Å². The van der Waals surface area contributed by atoms with Gasteiger partial charge in [-0.2, -0.15) is 4.31 Å². The molecule has 1 rings (SSSR count). The second kappa shape index (κ2) is 8.42. The van der Waals surface area contributed by atoms with Crippen molar-refractivity contribution in [3.05, 3.63) is 0 Å². The molecule has 1 heterocycles. The first-order chi connectivity index (χ1) is 9.01. The zero-order valence-corrected chi connectivity index (χ0v) is 13.2. The van der Waals surface area contributed by atoms with Gasteiger partial charge in [-0.25, -0.2) is 8.42 Å². The first kappa shape index (κ1) is 17.2. The molecule has 0 saturated carbocycles. The fourth-order valence-electron chi connectivity index (χ4n) is 2.43. The third-order valence-corrected chi connectivity index (χ3v) is 5.83. The van der Waals surface area contributed by atoms with Crippen LogP contribution in [0.4, 0.5) is 0 Å². The average Bonchev–Trinajstić information content (AvgIpc) is 2.37. The van der Waals surface area contributed by atoms with Gasteiger partial charge in [-0.3, -0.25) is 0 Å². The van der Waals surface area contributed by atoms with E-state index in [0.717, 1.165) is 25.9 Å². The fraction of sp³-hybridized carbons (Fsp3) is 1.00. The Labute approximate surface area is 121 Å². The summed E-state index contributed by atoms with van der Waals surface area (Å²) >= 11 is 5.58. The lowest BCUT2D eigenvalue weighted by atomic mass is 10.1. The molecule has 0 bridgehead atoms. The average molecular weight is 313 g/mol. The lowest BCUT2D eigenvalue weighted by molar-refractivity contribution is 0.161. The van der Waals surface area contributed by atoms with E-state index in [1.165, 1.54) is 4.31 Å². The van der Waals surface area contributed by atoms with Gasteiger partial charge in [-0.15, -0.1) is 11.6 Å². The van der Waals surface area contributed by atoms with Crippen molar-refractivity contribution < 1.29 is 13.5 Å². The molecule has 0 amide bonds. The summed E-state index contributed by atoms with van der Waals surface area (Å²) in [7, 11) is -1.23. The fourth-order valence-corrected chi connectivity index (χ4v) is 4.44. The number of unbranched alkanes of at least 4 members (excludes halogenated alkanes) is 1. The summed E-state index contributed by atoms with van der Waals surface area (Å²) in [6.07, 6.45) is 2.97. The number of likely N-dealkylation sites (tertiary alicyclic amines) is 1. The Balaban J connectivity index is 2.64. The molecule has 7 heteroatoms. The smallest absolute Gasteiger partial charge is 0.214 e. The SMILES string of the molecule is CN1CCC(N(CCO)S(=O)(=O)CCCCCl)CC1. The van der Waals surface area contributed by atoms with Crippen LogP contribution >= 0.6 is 11.6 Å². The molecule has 1 N–H and O–H groups in total. The number of halogens is 1. The van der Waals surface area contributed by atoms with E-state index in [4.69, 9.17) is 16.7 Å². The van der Waals surface area contributed by atoms with Crippen LogP contribution in [-0.4, -0.2) is 73.7 Å². The quantitative estimate of drug-likeness (QED) is 0.530. The third-order valence-electron chi connectivity index (χ3n) is 3.56. The van der Waals surface area contributed by atoms with E-state index in [9.17, 15) is 8.42 Å². The van der Waals surface area contributed by atoms with Crippen molar-refractivity contribution in [3.63, 3.8) is 0 Å². The van der Waals surface area contributed by atoms with Gasteiger partial charge in [-0.05, 0) is 45.8 Å². The molecule has 0 spiro atoms. The van der Waals surface area contributed by atoms with Gasteiger partial charge >= 0.3 is 0 Å². The normalized spacial score (nSPS) is 19.2.